The first-order chi connectivity index (χ1) is 8.71. The minimum Gasteiger partial charge on any atom is -0.274 e. The molecule has 1 aromatic rings. The highest BCUT2D eigenvalue weighted by atomic mass is 79.9. The summed E-state index contributed by atoms with van der Waals surface area (Å²) in [6, 6.07) is 2.80. The molecule has 1 aliphatic rings. The second kappa shape index (κ2) is 4.71. The highest BCUT2D eigenvalue weighted by molar-refractivity contribution is 9.10. The van der Waals surface area contributed by atoms with E-state index in [1.54, 1.807) is 6.92 Å². The van der Waals surface area contributed by atoms with Gasteiger partial charge >= 0.3 is 0 Å². The molecule has 19 heavy (non-hydrogen) atoms. The van der Waals surface area contributed by atoms with Crippen LogP contribution in [0.3, 0.4) is 0 Å². The second-order valence-electron chi connectivity index (χ2n) is 5.69. The van der Waals surface area contributed by atoms with Crippen LogP contribution in [0.2, 0.25) is 0 Å². The summed E-state index contributed by atoms with van der Waals surface area (Å²) in [5.41, 5.74) is 0.719. The van der Waals surface area contributed by atoms with E-state index in [0.29, 0.717) is 24.1 Å². The third-order valence-electron chi connectivity index (χ3n) is 3.24. The van der Waals surface area contributed by atoms with Crippen molar-refractivity contribution < 1.29 is 14.0 Å². The standard InChI is InChI=1S/C14H15BrFNO2/c1-8-4-10(16)9(15)5-11(8)17-12(18)6-14(2,3)7-13(17)19/h4-5H,6-7H2,1-3H3. The SMILES string of the molecule is Cc1cc(F)c(Br)cc1N1C(=O)CC(C)(C)CC1=O. The summed E-state index contributed by atoms with van der Waals surface area (Å²) < 4.78 is 13.7. The van der Waals surface area contributed by atoms with Gasteiger partial charge in [0.2, 0.25) is 11.8 Å². The number of rotatable bonds is 1. The largest absolute Gasteiger partial charge is 0.274 e. The van der Waals surface area contributed by atoms with E-state index in [2.05, 4.69) is 15.9 Å². The number of anilines is 1. The zero-order valence-electron chi connectivity index (χ0n) is 11.1. The number of benzene rings is 1. The lowest BCUT2D eigenvalue weighted by molar-refractivity contribution is -0.132. The fraction of sp³-hybridized carbons (Fsp3) is 0.429. The van der Waals surface area contributed by atoms with Crippen molar-refractivity contribution in [3.05, 3.63) is 28.0 Å². The van der Waals surface area contributed by atoms with Crippen molar-refractivity contribution >= 4 is 33.4 Å². The molecule has 2 rings (SSSR count). The van der Waals surface area contributed by atoms with Gasteiger partial charge in [0.25, 0.3) is 0 Å². The number of nitrogens with zero attached hydrogens (tertiary/aromatic N) is 1. The van der Waals surface area contributed by atoms with Gasteiger partial charge in [-0.2, -0.15) is 0 Å². The van der Waals surface area contributed by atoms with Crippen molar-refractivity contribution in [2.24, 2.45) is 5.41 Å². The van der Waals surface area contributed by atoms with Gasteiger partial charge in [0.05, 0.1) is 10.2 Å². The van der Waals surface area contributed by atoms with Crippen molar-refractivity contribution in [3.8, 4) is 0 Å². The van der Waals surface area contributed by atoms with Crippen LogP contribution >= 0.6 is 15.9 Å². The van der Waals surface area contributed by atoms with E-state index in [1.807, 2.05) is 13.8 Å². The fourth-order valence-corrected chi connectivity index (χ4v) is 2.66. The molecule has 0 atom stereocenters. The van der Waals surface area contributed by atoms with Gasteiger partial charge in [0.1, 0.15) is 5.82 Å². The van der Waals surface area contributed by atoms with E-state index in [-0.39, 0.29) is 21.7 Å². The molecule has 102 valence electrons. The number of carbonyl (C=O) groups is 2. The van der Waals surface area contributed by atoms with Gasteiger partial charge in [-0.1, -0.05) is 13.8 Å². The Morgan fingerprint density at radius 2 is 1.74 bits per heavy atom. The number of piperidine rings is 1. The first kappa shape index (κ1) is 14.2. The van der Waals surface area contributed by atoms with Gasteiger partial charge in [-0.3, -0.25) is 14.5 Å². The third-order valence-corrected chi connectivity index (χ3v) is 3.85. The molecule has 0 aromatic heterocycles. The molecule has 0 radical (unpaired) electrons. The molecule has 1 saturated heterocycles. The Morgan fingerprint density at radius 1 is 1.21 bits per heavy atom. The van der Waals surface area contributed by atoms with E-state index in [9.17, 15) is 14.0 Å². The molecule has 2 amide bonds. The minimum atomic E-state index is -0.404. The lowest BCUT2D eigenvalue weighted by atomic mass is 9.81. The number of hydrogen-bond donors (Lipinski definition) is 0. The summed E-state index contributed by atoms with van der Waals surface area (Å²) in [7, 11) is 0. The summed E-state index contributed by atoms with van der Waals surface area (Å²) in [6.07, 6.45) is 0.625. The second-order valence-corrected chi connectivity index (χ2v) is 6.55. The van der Waals surface area contributed by atoms with Crippen LogP contribution < -0.4 is 4.90 Å². The molecule has 0 unspecified atom stereocenters. The Hall–Kier alpha value is -1.23. The van der Waals surface area contributed by atoms with Gasteiger partial charge in [-0.25, -0.2) is 4.39 Å². The highest BCUT2D eigenvalue weighted by Gasteiger charge is 2.38. The quantitative estimate of drug-likeness (QED) is 0.739. The first-order valence-corrected chi connectivity index (χ1v) is 6.82. The molecule has 1 fully saturated rings. The Morgan fingerprint density at radius 3 is 2.26 bits per heavy atom. The Balaban J connectivity index is 2.45. The molecule has 1 heterocycles. The van der Waals surface area contributed by atoms with Gasteiger partial charge < -0.3 is 0 Å². The zero-order chi connectivity index (χ0) is 14.4. The molecular weight excluding hydrogens is 313 g/mol. The maximum atomic E-state index is 13.4. The van der Waals surface area contributed by atoms with Crippen LogP contribution in [0.1, 0.15) is 32.3 Å². The molecule has 0 N–H and O–H groups in total. The molecule has 1 aliphatic heterocycles. The maximum absolute atomic E-state index is 13.4. The zero-order valence-corrected chi connectivity index (χ0v) is 12.7. The molecular formula is C14H15BrFNO2. The van der Waals surface area contributed by atoms with E-state index in [0.717, 1.165) is 0 Å². The smallest absolute Gasteiger partial charge is 0.234 e. The predicted octanol–water partition coefficient (Wildman–Crippen LogP) is 3.58. The number of aryl methyl sites for hydroxylation is 1. The van der Waals surface area contributed by atoms with Crippen LogP contribution in [0.25, 0.3) is 0 Å². The van der Waals surface area contributed by atoms with E-state index >= 15 is 0 Å². The molecule has 0 bridgehead atoms. The van der Waals surface area contributed by atoms with Crippen LogP contribution in [0.4, 0.5) is 10.1 Å². The average Bonchev–Trinajstić information content (AvgIpc) is 2.22. The normalized spacial score (nSPS) is 18.9. The molecule has 0 saturated carbocycles. The van der Waals surface area contributed by atoms with Crippen molar-refractivity contribution in [1.82, 2.24) is 0 Å². The minimum absolute atomic E-state index is 0.233. The van der Waals surface area contributed by atoms with Crippen LogP contribution in [-0.2, 0) is 9.59 Å². The Bertz CT molecular complexity index is 549. The fourth-order valence-electron chi connectivity index (χ4n) is 2.32. The van der Waals surface area contributed by atoms with E-state index in [1.165, 1.54) is 17.0 Å². The van der Waals surface area contributed by atoms with Gasteiger partial charge in [0, 0.05) is 12.8 Å². The van der Waals surface area contributed by atoms with Gasteiger partial charge in [-0.05, 0) is 46.0 Å². The Labute approximate surface area is 119 Å². The van der Waals surface area contributed by atoms with E-state index < -0.39 is 5.82 Å². The summed E-state index contributed by atoms with van der Waals surface area (Å²) in [6.45, 7) is 5.48. The summed E-state index contributed by atoms with van der Waals surface area (Å²) in [5.74, 6) is -0.871. The molecule has 5 heteroatoms. The van der Waals surface area contributed by atoms with Crippen LogP contribution in [0.5, 0.6) is 0 Å². The maximum Gasteiger partial charge on any atom is 0.234 e. The summed E-state index contributed by atoms with van der Waals surface area (Å²) in [4.78, 5) is 25.5. The first-order valence-electron chi connectivity index (χ1n) is 6.03. The van der Waals surface area contributed by atoms with Crippen LogP contribution in [0, 0.1) is 18.2 Å². The Kier molecular flexibility index (Phi) is 3.51. The lowest BCUT2D eigenvalue weighted by Crippen LogP contribution is -2.46. The number of hydrogen-bond acceptors (Lipinski definition) is 2. The summed E-state index contributed by atoms with van der Waals surface area (Å²) in [5, 5.41) is 0. The van der Waals surface area contributed by atoms with Crippen molar-refractivity contribution in [3.63, 3.8) is 0 Å². The van der Waals surface area contributed by atoms with E-state index in [4.69, 9.17) is 0 Å². The number of amides is 2. The highest BCUT2D eigenvalue weighted by Crippen LogP contribution is 2.36. The monoisotopic (exact) mass is 327 g/mol. The van der Waals surface area contributed by atoms with Crippen molar-refractivity contribution in [2.75, 3.05) is 4.90 Å². The third kappa shape index (κ3) is 2.71. The predicted molar refractivity (Wildman–Crippen MR) is 74.3 cm³/mol. The molecule has 3 nitrogen and oxygen atoms in total. The number of imide groups is 1. The van der Waals surface area contributed by atoms with Crippen LogP contribution in [0.15, 0.2) is 16.6 Å². The van der Waals surface area contributed by atoms with Gasteiger partial charge in [0.15, 0.2) is 0 Å². The molecule has 0 spiro atoms. The number of halogens is 2. The lowest BCUT2D eigenvalue weighted by Gasteiger charge is -2.35. The summed E-state index contributed by atoms with van der Waals surface area (Å²) >= 11 is 3.08. The van der Waals surface area contributed by atoms with Crippen molar-refractivity contribution in [1.29, 1.82) is 0 Å². The molecule has 1 aromatic carbocycles. The molecule has 0 aliphatic carbocycles. The average molecular weight is 328 g/mol. The topological polar surface area (TPSA) is 37.4 Å². The van der Waals surface area contributed by atoms with Crippen LogP contribution in [-0.4, -0.2) is 11.8 Å². The van der Waals surface area contributed by atoms with Gasteiger partial charge in [-0.15, -0.1) is 0 Å². The number of carbonyl (C=O) groups excluding carboxylic acids is 2. The van der Waals surface area contributed by atoms with Crippen molar-refractivity contribution in [2.45, 2.75) is 33.6 Å².